The van der Waals surface area contributed by atoms with Crippen LogP contribution < -0.4 is 10.4 Å². The van der Waals surface area contributed by atoms with Crippen molar-refractivity contribution in [2.45, 2.75) is 45.1 Å². The van der Waals surface area contributed by atoms with E-state index in [1.165, 1.54) is 0 Å². The summed E-state index contributed by atoms with van der Waals surface area (Å²) in [6.45, 7) is 2.87. The summed E-state index contributed by atoms with van der Waals surface area (Å²) < 4.78 is 21.4. The number of fused-ring (bicyclic) bond motifs is 1. The maximum atomic E-state index is 12.3. The van der Waals surface area contributed by atoms with E-state index in [9.17, 15) is 9.59 Å². The second kappa shape index (κ2) is 8.36. The minimum atomic E-state index is -0.424. The van der Waals surface area contributed by atoms with Gasteiger partial charge < -0.3 is 18.6 Å². The number of hydrogen-bond donors (Lipinski definition) is 0. The third-order valence-corrected chi connectivity index (χ3v) is 4.78. The van der Waals surface area contributed by atoms with E-state index < -0.39 is 5.63 Å². The zero-order valence-corrected chi connectivity index (χ0v) is 15.2. The van der Waals surface area contributed by atoms with E-state index in [0.717, 1.165) is 36.8 Å². The topological polar surface area (TPSA) is 75.0 Å². The average molecular weight is 360 g/mol. The van der Waals surface area contributed by atoms with Crippen LogP contribution in [0.4, 0.5) is 0 Å². The molecule has 1 aliphatic rings. The minimum Gasteiger partial charge on any atom is -0.497 e. The quantitative estimate of drug-likeness (QED) is 0.582. The molecule has 0 N–H and O–H groups in total. The van der Waals surface area contributed by atoms with Crippen molar-refractivity contribution < 1.29 is 23.4 Å². The van der Waals surface area contributed by atoms with Crippen LogP contribution in [0.3, 0.4) is 0 Å². The number of aryl methyl sites for hydroxylation is 1. The maximum absolute atomic E-state index is 12.3. The van der Waals surface area contributed by atoms with E-state index in [1.54, 1.807) is 13.2 Å². The Hall–Kier alpha value is -2.34. The van der Waals surface area contributed by atoms with Crippen LogP contribution in [-0.4, -0.2) is 32.4 Å². The van der Waals surface area contributed by atoms with Gasteiger partial charge in [0.2, 0.25) is 0 Å². The largest absolute Gasteiger partial charge is 0.497 e. The summed E-state index contributed by atoms with van der Waals surface area (Å²) >= 11 is 0. The van der Waals surface area contributed by atoms with Gasteiger partial charge in [-0.1, -0.05) is 0 Å². The first-order chi connectivity index (χ1) is 12.6. The minimum absolute atomic E-state index is 0.00449. The molecule has 140 valence electrons. The van der Waals surface area contributed by atoms with Gasteiger partial charge in [0.05, 0.1) is 13.2 Å². The van der Waals surface area contributed by atoms with Crippen LogP contribution in [0.25, 0.3) is 11.0 Å². The predicted octanol–water partition coefficient (Wildman–Crippen LogP) is 3.15. The third kappa shape index (κ3) is 4.25. The van der Waals surface area contributed by atoms with Crippen LogP contribution in [0.1, 0.15) is 36.8 Å². The van der Waals surface area contributed by atoms with Crippen molar-refractivity contribution in [1.82, 2.24) is 0 Å². The Labute approximate surface area is 152 Å². The molecule has 1 aromatic heterocycles. The molecule has 0 radical (unpaired) electrons. The number of methoxy groups -OCH3 is 1. The summed E-state index contributed by atoms with van der Waals surface area (Å²) in [4.78, 5) is 24.3. The van der Waals surface area contributed by atoms with Crippen LogP contribution in [0.2, 0.25) is 0 Å². The Kier molecular flexibility index (Phi) is 5.93. The van der Waals surface area contributed by atoms with Crippen LogP contribution in [0.5, 0.6) is 5.75 Å². The number of ether oxygens (including phenoxy) is 3. The summed E-state index contributed by atoms with van der Waals surface area (Å²) in [6.07, 6.45) is 3.51. The zero-order valence-electron chi connectivity index (χ0n) is 15.2. The molecule has 6 heteroatoms. The van der Waals surface area contributed by atoms with Gasteiger partial charge in [0.25, 0.3) is 0 Å². The Morgan fingerprint density at radius 3 is 2.88 bits per heavy atom. The number of benzene rings is 1. The number of esters is 1. The van der Waals surface area contributed by atoms with Crippen molar-refractivity contribution in [3.8, 4) is 5.75 Å². The molecule has 0 saturated carbocycles. The first-order valence-corrected chi connectivity index (χ1v) is 8.96. The molecule has 26 heavy (non-hydrogen) atoms. The molecule has 1 aromatic carbocycles. The predicted molar refractivity (Wildman–Crippen MR) is 96.6 cm³/mol. The van der Waals surface area contributed by atoms with Gasteiger partial charge in [-0.25, -0.2) is 4.79 Å². The Morgan fingerprint density at radius 1 is 1.31 bits per heavy atom. The summed E-state index contributed by atoms with van der Waals surface area (Å²) in [6, 6.07) is 5.36. The highest BCUT2D eigenvalue weighted by atomic mass is 16.6. The molecule has 0 aliphatic carbocycles. The van der Waals surface area contributed by atoms with Crippen LogP contribution in [0, 0.1) is 6.92 Å². The average Bonchev–Trinajstić information content (AvgIpc) is 2.66. The van der Waals surface area contributed by atoms with Gasteiger partial charge in [0.15, 0.2) is 0 Å². The smallest absolute Gasteiger partial charge is 0.339 e. The monoisotopic (exact) mass is 360 g/mol. The molecule has 6 nitrogen and oxygen atoms in total. The van der Waals surface area contributed by atoms with Crippen LogP contribution in [-0.2, 0) is 20.7 Å². The summed E-state index contributed by atoms with van der Waals surface area (Å²) in [5.74, 6) is 0.300. The van der Waals surface area contributed by atoms with Gasteiger partial charge in [-0.2, -0.15) is 0 Å². The molecule has 1 atom stereocenters. The number of hydrogen-bond acceptors (Lipinski definition) is 6. The van der Waals surface area contributed by atoms with E-state index >= 15 is 0 Å². The van der Waals surface area contributed by atoms with Crippen molar-refractivity contribution in [2.24, 2.45) is 0 Å². The molecular weight excluding hydrogens is 336 g/mol. The highest BCUT2D eigenvalue weighted by Gasteiger charge is 2.17. The Balaban J connectivity index is 1.64. The third-order valence-electron chi connectivity index (χ3n) is 4.78. The van der Waals surface area contributed by atoms with Crippen molar-refractivity contribution >= 4 is 16.9 Å². The molecule has 0 amide bonds. The van der Waals surface area contributed by atoms with E-state index in [2.05, 4.69) is 0 Å². The summed E-state index contributed by atoms with van der Waals surface area (Å²) in [5.41, 5.74) is 1.38. The SMILES string of the molecule is COc1ccc2c(C)c(CCC(=O)OCC3CCCCO3)c(=O)oc2c1. The molecular formula is C20H24O6. The molecule has 1 unspecified atom stereocenters. The lowest BCUT2D eigenvalue weighted by Crippen LogP contribution is -2.26. The molecule has 1 aliphatic heterocycles. The molecule has 2 heterocycles. The van der Waals surface area contributed by atoms with Crippen molar-refractivity contribution in [1.29, 1.82) is 0 Å². The first-order valence-electron chi connectivity index (χ1n) is 8.96. The Morgan fingerprint density at radius 2 is 2.15 bits per heavy atom. The second-order valence-electron chi connectivity index (χ2n) is 6.53. The number of carbonyl (C=O) groups is 1. The van der Waals surface area contributed by atoms with Gasteiger partial charge in [-0.05, 0) is 50.3 Å². The maximum Gasteiger partial charge on any atom is 0.339 e. The Bertz CT molecular complexity index is 832. The normalized spacial score (nSPS) is 17.2. The molecule has 0 bridgehead atoms. The molecule has 1 fully saturated rings. The van der Waals surface area contributed by atoms with Gasteiger partial charge >= 0.3 is 11.6 Å². The molecule has 1 saturated heterocycles. The molecule has 0 spiro atoms. The summed E-state index contributed by atoms with van der Waals surface area (Å²) in [5, 5.41) is 0.837. The van der Waals surface area contributed by atoms with Crippen molar-refractivity contribution in [3.05, 3.63) is 39.7 Å². The van der Waals surface area contributed by atoms with Gasteiger partial charge in [0.1, 0.15) is 17.9 Å². The van der Waals surface area contributed by atoms with Gasteiger partial charge in [-0.15, -0.1) is 0 Å². The van der Waals surface area contributed by atoms with Crippen molar-refractivity contribution in [2.75, 3.05) is 20.3 Å². The van der Waals surface area contributed by atoms with E-state index in [1.807, 2.05) is 19.1 Å². The van der Waals surface area contributed by atoms with Crippen LogP contribution >= 0.6 is 0 Å². The summed E-state index contributed by atoms with van der Waals surface area (Å²) in [7, 11) is 1.56. The van der Waals surface area contributed by atoms with Crippen molar-refractivity contribution in [3.63, 3.8) is 0 Å². The second-order valence-corrected chi connectivity index (χ2v) is 6.53. The molecule has 2 aromatic rings. The molecule has 3 rings (SSSR count). The van der Waals surface area contributed by atoms with Gasteiger partial charge in [-0.3, -0.25) is 4.79 Å². The standard InChI is InChI=1S/C20H24O6/c1-13-16-7-6-14(23-2)11-18(16)26-20(22)17(13)8-9-19(21)25-12-15-5-3-4-10-24-15/h6-7,11,15H,3-5,8-10,12H2,1-2H3. The van der Waals surface area contributed by atoms with E-state index in [-0.39, 0.29) is 25.1 Å². The van der Waals surface area contributed by atoms with E-state index in [4.69, 9.17) is 18.6 Å². The number of rotatable bonds is 6. The lowest BCUT2D eigenvalue weighted by atomic mass is 10.0. The fourth-order valence-electron chi connectivity index (χ4n) is 3.21. The van der Waals surface area contributed by atoms with Gasteiger partial charge in [0, 0.05) is 30.0 Å². The number of carbonyl (C=O) groups excluding carboxylic acids is 1. The fourth-order valence-corrected chi connectivity index (χ4v) is 3.21. The highest BCUT2D eigenvalue weighted by molar-refractivity contribution is 5.82. The fraction of sp³-hybridized carbons (Fsp3) is 0.500. The zero-order chi connectivity index (χ0) is 18.5. The lowest BCUT2D eigenvalue weighted by molar-refractivity contribution is -0.149. The first kappa shape index (κ1) is 18.5. The van der Waals surface area contributed by atoms with E-state index in [0.29, 0.717) is 23.3 Å². The highest BCUT2D eigenvalue weighted by Crippen LogP contribution is 2.24. The van der Waals surface area contributed by atoms with Crippen LogP contribution in [0.15, 0.2) is 27.4 Å². The lowest BCUT2D eigenvalue weighted by Gasteiger charge is -2.22.